The van der Waals surface area contributed by atoms with Crippen molar-refractivity contribution >= 4 is 6.03 Å². The van der Waals surface area contributed by atoms with E-state index in [-0.39, 0.29) is 6.03 Å². The van der Waals surface area contributed by atoms with Crippen LogP contribution in [0.15, 0.2) is 0 Å². The number of carbonyl (C=O) groups excluding carboxylic acids is 1. The van der Waals surface area contributed by atoms with E-state index in [0.717, 1.165) is 13.1 Å². The Morgan fingerprint density at radius 2 is 1.71 bits per heavy atom. The molecule has 0 aromatic heterocycles. The van der Waals surface area contributed by atoms with Crippen LogP contribution in [0.5, 0.6) is 0 Å². The van der Waals surface area contributed by atoms with Gasteiger partial charge < -0.3 is 14.7 Å². The summed E-state index contributed by atoms with van der Waals surface area (Å²) in [7, 11) is 5.91. The largest absolute Gasteiger partial charge is 0.331 e. The zero-order valence-electron chi connectivity index (χ0n) is 11.2. The molecule has 2 aliphatic heterocycles. The maximum absolute atomic E-state index is 12.0. The number of urea groups is 1. The number of piperidine rings is 1. The lowest BCUT2D eigenvalue weighted by Gasteiger charge is -2.58. The highest BCUT2D eigenvalue weighted by molar-refractivity contribution is 5.74. The van der Waals surface area contributed by atoms with Crippen LogP contribution in [0.3, 0.4) is 0 Å². The van der Waals surface area contributed by atoms with Crippen LogP contribution in [0.4, 0.5) is 4.79 Å². The van der Waals surface area contributed by atoms with E-state index in [4.69, 9.17) is 0 Å². The fraction of sp³-hybridized carbons (Fsp3) is 0.923. The molecule has 2 saturated heterocycles. The van der Waals surface area contributed by atoms with Crippen molar-refractivity contribution in [1.29, 1.82) is 0 Å². The van der Waals surface area contributed by atoms with Gasteiger partial charge in [0.25, 0.3) is 0 Å². The molecule has 96 valence electrons. The van der Waals surface area contributed by atoms with Crippen LogP contribution in [0.1, 0.15) is 19.3 Å². The van der Waals surface area contributed by atoms with Crippen LogP contribution in [0.2, 0.25) is 0 Å². The highest BCUT2D eigenvalue weighted by Crippen LogP contribution is 2.65. The van der Waals surface area contributed by atoms with E-state index in [1.165, 1.54) is 32.4 Å². The van der Waals surface area contributed by atoms with Crippen molar-refractivity contribution in [2.24, 2.45) is 10.8 Å². The van der Waals surface area contributed by atoms with E-state index < -0.39 is 0 Å². The van der Waals surface area contributed by atoms with Crippen LogP contribution in [0, 0.1) is 10.8 Å². The van der Waals surface area contributed by atoms with Gasteiger partial charge in [0.1, 0.15) is 0 Å². The van der Waals surface area contributed by atoms with Gasteiger partial charge in [-0.1, -0.05) is 0 Å². The van der Waals surface area contributed by atoms with Gasteiger partial charge in [0, 0.05) is 45.7 Å². The summed E-state index contributed by atoms with van der Waals surface area (Å²) < 4.78 is 0. The van der Waals surface area contributed by atoms with Crippen molar-refractivity contribution in [3.63, 3.8) is 0 Å². The molecule has 0 aromatic carbocycles. The predicted octanol–water partition coefficient (Wildman–Crippen LogP) is 1.09. The first-order chi connectivity index (χ1) is 7.98. The molecule has 3 fully saturated rings. The lowest BCUT2D eigenvalue weighted by Crippen LogP contribution is -2.65. The molecule has 2 spiro atoms. The predicted molar refractivity (Wildman–Crippen MR) is 66.9 cm³/mol. The highest BCUT2D eigenvalue weighted by Gasteiger charge is 2.65. The summed E-state index contributed by atoms with van der Waals surface area (Å²) in [6.45, 7) is 4.44. The summed E-state index contributed by atoms with van der Waals surface area (Å²) in [4.78, 5) is 18.2. The summed E-state index contributed by atoms with van der Waals surface area (Å²) in [5.41, 5.74) is 1.02. The van der Waals surface area contributed by atoms with Gasteiger partial charge in [0.05, 0.1) is 0 Å². The molecule has 3 aliphatic rings. The second-order valence-electron chi connectivity index (χ2n) is 6.58. The summed E-state index contributed by atoms with van der Waals surface area (Å²) in [5, 5.41) is 0. The van der Waals surface area contributed by atoms with Crippen molar-refractivity contribution in [3.05, 3.63) is 0 Å². The van der Waals surface area contributed by atoms with Gasteiger partial charge in [-0.2, -0.15) is 0 Å². The van der Waals surface area contributed by atoms with Crippen LogP contribution in [0.25, 0.3) is 0 Å². The highest BCUT2D eigenvalue weighted by atomic mass is 16.2. The second kappa shape index (κ2) is 3.37. The zero-order valence-corrected chi connectivity index (χ0v) is 11.2. The molecule has 1 aliphatic carbocycles. The molecule has 4 nitrogen and oxygen atoms in total. The Balaban J connectivity index is 1.72. The van der Waals surface area contributed by atoms with Crippen molar-refractivity contribution in [2.45, 2.75) is 19.3 Å². The van der Waals surface area contributed by atoms with Gasteiger partial charge >= 0.3 is 6.03 Å². The molecule has 0 atom stereocenters. The van der Waals surface area contributed by atoms with Gasteiger partial charge in [-0.25, -0.2) is 4.79 Å². The van der Waals surface area contributed by atoms with Crippen molar-refractivity contribution in [1.82, 2.24) is 14.7 Å². The Kier molecular flexibility index (Phi) is 2.25. The molecule has 0 N–H and O–H groups in total. The van der Waals surface area contributed by atoms with Crippen molar-refractivity contribution < 1.29 is 4.79 Å². The smallest absolute Gasteiger partial charge is 0.319 e. The van der Waals surface area contributed by atoms with Gasteiger partial charge in [-0.05, 0) is 31.7 Å². The van der Waals surface area contributed by atoms with Crippen LogP contribution in [-0.4, -0.2) is 68.1 Å². The first kappa shape index (κ1) is 11.3. The molecule has 17 heavy (non-hydrogen) atoms. The third-order valence-corrected chi connectivity index (χ3v) is 5.13. The summed E-state index contributed by atoms with van der Waals surface area (Å²) in [6, 6.07) is 0.193. The SMILES string of the molecule is CN1CC2(CCN(C(=O)N(C)C)CC23CC3)C1. The Bertz CT molecular complexity index is 343. The quantitative estimate of drug-likeness (QED) is 0.630. The van der Waals surface area contributed by atoms with E-state index in [1.54, 1.807) is 4.90 Å². The minimum Gasteiger partial charge on any atom is -0.331 e. The number of hydrogen-bond acceptors (Lipinski definition) is 2. The van der Waals surface area contributed by atoms with E-state index in [1.807, 2.05) is 14.1 Å². The molecule has 0 radical (unpaired) electrons. The van der Waals surface area contributed by atoms with E-state index >= 15 is 0 Å². The van der Waals surface area contributed by atoms with E-state index in [9.17, 15) is 4.79 Å². The molecule has 3 rings (SSSR count). The Labute approximate surface area is 104 Å². The number of nitrogens with zero attached hydrogens (tertiary/aromatic N) is 3. The number of hydrogen-bond donors (Lipinski definition) is 0. The standard InChI is InChI=1S/C13H23N3O/c1-14(2)11(17)16-7-6-13(8-15(3)9-13)12(10-16)4-5-12/h4-10H2,1-3H3. The summed E-state index contributed by atoms with van der Waals surface area (Å²) in [5.74, 6) is 0. The van der Waals surface area contributed by atoms with Crippen molar-refractivity contribution in [2.75, 3.05) is 47.3 Å². The summed E-state index contributed by atoms with van der Waals surface area (Å²) >= 11 is 0. The normalized spacial score (nSPS) is 29.2. The molecular weight excluding hydrogens is 214 g/mol. The van der Waals surface area contributed by atoms with E-state index in [2.05, 4.69) is 16.8 Å². The van der Waals surface area contributed by atoms with Crippen molar-refractivity contribution in [3.8, 4) is 0 Å². The molecular formula is C13H23N3O. The third kappa shape index (κ3) is 1.49. The third-order valence-electron chi connectivity index (χ3n) is 5.13. The number of carbonyl (C=O) groups is 1. The molecule has 0 unspecified atom stereocenters. The molecule has 2 amide bonds. The molecule has 1 saturated carbocycles. The first-order valence-electron chi connectivity index (χ1n) is 6.63. The number of rotatable bonds is 0. The van der Waals surface area contributed by atoms with Gasteiger partial charge in [0.15, 0.2) is 0 Å². The Hall–Kier alpha value is -0.770. The monoisotopic (exact) mass is 237 g/mol. The Morgan fingerprint density at radius 3 is 2.18 bits per heavy atom. The summed E-state index contributed by atoms with van der Waals surface area (Å²) in [6.07, 6.45) is 3.87. The van der Waals surface area contributed by atoms with Crippen LogP contribution < -0.4 is 0 Å². The molecule has 4 heteroatoms. The second-order valence-corrected chi connectivity index (χ2v) is 6.58. The van der Waals surface area contributed by atoms with Gasteiger partial charge in [-0.3, -0.25) is 0 Å². The maximum atomic E-state index is 12.0. The number of likely N-dealkylation sites (tertiary alicyclic amines) is 2. The lowest BCUT2D eigenvalue weighted by molar-refractivity contribution is -0.0863. The van der Waals surface area contributed by atoms with Crippen LogP contribution in [-0.2, 0) is 0 Å². The minimum absolute atomic E-state index is 0.193. The Morgan fingerprint density at radius 1 is 1.06 bits per heavy atom. The molecule has 0 bridgehead atoms. The van der Waals surface area contributed by atoms with E-state index in [0.29, 0.717) is 10.8 Å². The lowest BCUT2D eigenvalue weighted by atomic mass is 9.62. The number of fused-ring (bicyclic) bond motifs is 1. The van der Waals surface area contributed by atoms with Crippen LogP contribution >= 0.6 is 0 Å². The fourth-order valence-electron chi connectivity index (χ4n) is 3.99. The topological polar surface area (TPSA) is 26.8 Å². The average molecular weight is 237 g/mol. The first-order valence-corrected chi connectivity index (χ1v) is 6.63. The maximum Gasteiger partial charge on any atom is 0.319 e. The van der Waals surface area contributed by atoms with Gasteiger partial charge in [-0.15, -0.1) is 0 Å². The average Bonchev–Trinajstić information content (AvgIpc) is 2.99. The fourth-order valence-corrected chi connectivity index (χ4v) is 3.99. The van der Waals surface area contributed by atoms with Gasteiger partial charge in [0.2, 0.25) is 0 Å². The number of amides is 2. The minimum atomic E-state index is 0.193. The zero-order chi connectivity index (χ0) is 12.3. The molecule has 0 aromatic rings. The molecule has 2 heterocycles.